The molecule has 0 radical (unpaired) electrons. The van der Waals surface area contributed by atoms with Crippen LogP contribution in [0.2, 0.25) is 0 Å². The van der Waals surface area contributed by atoms with E-state index in [1.165, 1.54) is 19.2 Å². The fraction of sp³-hybridized carbons (Fsp3) is 0.208. The molecule has 0 bridgehead atoms. The van der Waals surface area contributed by atoms with E-state index in [-0.39, 0.29) is 28.2 Å². The van der Waals surface area contributed by atoms with Crippen molar-refractivity contribution in [3.05, 3.63) is 95.6 Å². The van der Waals surface area contributed by atoms with Gasteiger partial charge >= 0.3 is 0 Å². The average molecular weight is 439 g/mol. The first-order valence-electron chi connectivity index (χ1n) is 10.0. The van der Waals surface area contributed by atoms with Gasteiger partial charge in [0.1, 0.15) is 10.6 Å². The molecule has 0 aliphatic carbocycles. The van der Waals surface area contributed by atoms with Crippen molar-refractivity contribution in [2.45, 2.75) is 24.3 Å². The van der Waals surface area contributed by atoms with E-state index in [1.54, 1.807) is 6.07 Å². The van der Waals surface area contributed by atoms with Crippen LogP contribution in [0.1, 0.15) is 40.9 Å². The predicted molar refractivity (Wildman–Crippen MR) is 121 cm³/mol. The van der Waals surface area contributed by atoms with Crippen LogP contribution in [-0.4, -0.2) is 28.0 Å². The number of carbonyl (C=O) groups excluding carboxylic acids is 1. The normalized spacial score (nSPS) is 11.3. The summed E-state index contributed by atoms with van der Waals surface area (Å²) in [5, 5.41) is 3.03. The van der Waals surface area contributed by atoms with Gasteiger partial charge in [-0.1, -0.05) is 67.6 Å². The maximum absolute atomic E-state index is 13.1. The minimum absolute atomic E-state index is 0.0629. The molecular formula is C24H26N2O4S. The zero-order valence-corrected chi connectivity index (χ0v) is 18.4. The number of rotatable bonds is 9. The maximum Gasteiger partial charge on any atom is 0.252 e. The van der Waals surface area contributed by atoms with Gasteiger partial charge in [0, 0.05) is 12.1 Å². The summed E-state index contributed by atoms with van der Waals surface area (Å²) in [6.07, 6.45) is 0.650. The number of hydrogen-bond donors (Lipinski definition) is 2. The van der Waals surface area contributed by atoms with Crippen LogP contribution in [0, 0.1) is 0 Å². The van der Waals surface area contributed by atoms with Gasteiger partial charge in [0.2, 0.25) is 10.0 Å². The molecular weight excluding hydrogens is 412 g/mol. The van der Waals surface area contributed by atoms with Gasteiger partial charge in [0.05, 0.1) is 13.2 Å². The lowest BCUT2D eigenvalue weighted by atomic mass is 9.98. The summed E-state index contributed by atoms with van der Waals surface area (Å²) in [6.45, 7) is 2.17. The summed E-state index contributed by atoms with van der Waals surface area (Å²) in [4.78, 5) is 13.1. The van der Waals surface area contributed by atoms with Crippen molar-refractivity contribution in [2.24, 2.45) is 0 Å². The molecule has 0 saturated carbocycles. The maximum atomic E-state index is 13.1. The van der Waals surface area contributed by atoms with E-state index in [0.29, 0.717) is 13.0 Å². The van der Waals surface area contributed by atoms with Gasteiger partial charge in [-0.25, -0.2) is 13.1 Å². The van der Waals surface area contributed by atoms with Gasteiger partial charge in [-0.3, -0.25) is 4.79 Å². The molecule has 0 fully saturated rings. The summed E-state index contributed by atoms with van der Waals surface area (Å²) in [5.41, 5.74) is 2.08. The summed E-state index contributed by atoms with van der Waals surface area (Å²) in [5.74, 6) is -0.199. The molecule has 6 nitrogen and oxygen atoms in total. The number of nitrogens with one attached hydrogen (secondary N) is 2. The van der Waals surface area contributed by atoms with Crippen LogP contribution in [0.3, 0.4) is 0 Å². The van der Waals surface area contributed by atoms with Crippen LogP contribution in [0.15, 0.2) is 83.8 Å². The van der Waals surface area contributed by atoms with E-state index in [2.05, 4.69) is 10.0 Å². The Balaban J connectivity index is 1.95. The quantitative estimate of drug-likeness (QED) is 0.531. The predicted octanol–water partition coefficient (Wildman–Crippen LogP) is 3.90. The largest absolute Gasteiger partial charge is 0.495 e. The summed E-state index contributed by atoms with van der Waals surface area (Å²) in [6, 6.07) is 23.3. The van der Waals surface area contributed by atoms with Gasteiger partial charge in [0.25, 0.3) is 5.91 Å². The molecule has 0 heterocycles. The van der Waals surface area contributed by atoms with Crippen molar-refractivity contribution < 1.29 is 17.9 Å². The Kier molecular flexibility index (Phi) is 7.44. The molecule has 3 aromatic rings. The first-order valence-corrected chi connectivity index (χ1v) is 11.5. The van der Waals surface area contributed by atoms with Gasteiger partial charge in [0.15, 0.2) is 0 Å². The Hall–Kier alpha value is -3.16. The summed E-state index contributed by atoms with van der Waals surface area (Å²) in [7, 11) is -2.41. The third kappa shape index (κ3) is 5.51. The molecule has 0 aliphatic heterocycles. The van der Waals surface area contributed by atoms with E-state index in [4.69, 9.17) is 4.74 Å². The van der Waals surface area contributed by atoms with Crippen LogP contribution in [0.5, 0.6) is 5.75 Å². The zero-order valence-electron chi connectivity index (χ0n) is 17.5. The topological polar surface area (TPSA) is 84.5 Å². The van der Waals surface area contributed by atoms with Crippen LogP contribution >= 0.6 is 0 Å². The smallest absolute Gasteiger partial charge is 0.252 e. The minimum atomic E-state index is -3.81. The molecule has 3 aromatic carbocycles. The van der Waals surface area contributed by atoms with E-state index in [1.807, 2.05) is 67.6 Å². The molecule has 1 amide bonds. The second kappa shape index (κ2) is 10.2. The van der Waals surface area contributed by atoms with Gasteiger partial charge in [-0.15, -0.1) is 0 Å². The number of sulfonamides is 1. The van der Waals surface area contributed by atoms with Crippen LogP contribution in [-0.2, 0) is 10.0 Å². The highest BCUT2D eigenvalue weighted by molar-refractivity contribution is 7.89. The van der Waals surface area contributed by atoms with Crippen molar-refractivity contribution in [1.29, 1.82) is 0 Å². The number of hydrogen-bond acceptors (Lipinski definition) is 4. The fourth-order valence-electron chi connectivity index (χ4n) is 3.21. The molecule has 0 unspecified atom stereocenters. The summed E-state index contributed by atoms with van der Waals surface area (Å²) >= 11 is 0. The molecule has 7 heteroatoms. The van der Waals surface area contributed by atoms with Gasteiger partial charge < -0.3 is 10.1 Å². The second-order valence-electron chi connectivity index (χ2n) is 6.99. The van der Waals surface area contributed by atoms with E-state index < -0.39 is 10.0 Å². The highest BCUT2D eigenvalue weighted by Gasteiger charge is 2.23. The van der Waals surface area contributed by atoms with Crippen molar-refractivity contribution in [3.63, 3.8) is 0 Å². The Morgan fingerprint density at radius 1 is 0.935 bits per heavy atom. The van der Waals surface area contributed by atoms with E-state index in [9.17, 15) is 13.2 Å². The van der Waals surface area contributed by atoms with Crippen molar-refractivity contribution in [3.8, 4) is 5.75 Å². The standard InChI is InChI=1S/C24H26N2O4S/c1-3-16-25-31(28,29)22-17-20(14-15-21(22)30-2)24(27)26-23(18-10-6-4-7-11-18)19-12-8-5-9-13-19/h4-15,17,23,25H,3,16H2,1-2H3,(H,26,27). The highest BCUT2D eigenvalue weighted by atomic mass is 32.2. The van der Waals surface area contributed by atoms with Gasteiger partial charge in [-0.2, -0.15) is 0 Å². The highest BCUT2D eigenvalue weighted by Crippen LogP contribution is 2.26. The molecule has 162 valence electrons. The number of carbonyl (C=O) groups is 1. The molecule has 0 saturated heterocycles. The first-order chi connectivity index (χ1) is 15.0. The van der Waals surface area contributed by atoms with Crippen LogP contribution in [0.4, 0.5) is 0 Å². The molecule has 0 aliphatic rings. The molecule has 2 N–H and O–H groups in total. The third-order valence-electron chi connectivity index (χ3n) is 4.80. The van der Waals surface area contributed by atoms with E-state index >= 15 is 0 Å². The Labute approximate surface area is 183 Å². The molecule has 0 spiro atoms. The van der Waals surface area contributed by atoms with Crippen molar-refractivity contribution >= 4 is 15.9 Å². The second-order valence-corrected chi connectivity index (χ2v) is 8.73. The molecule has 0 aromatic heterocycles. The Bertz CT molecular complexity index is 1080. The zero-order chi connectivity index (χ0) is 22.3. The number of amides is 1. The molecule has 3 rings (SSSR count). The average Bonchev–Trinajstić information content (AvgIpc) is 2.81. The molecule has 31 heavy (non-hydrogen) atoms. The lowest BCUT2D eigenvalue weighted by molar-refractivity contribution is 0.0942. The fourth-order valence-corrected chi connectivity index (χ4v) is 4.53. The number of ether oxygens (including phenoxy) is 1. The lowest BCUT2D eigenvalue weighted by Crippen LogP contribution is -2.30. The minimum Gasteiger partial charge on any atom is -0.495 e. The van der Waals surface area contributed by atoms with Crippen molar-refractivity contribution in [1.82, 2.24) is 10.0 Å². The van der Waals surface area contributed by atoms with Crippen LogP contribution < -0.4 is 14.8 Å². The monoisotopic (exact) mass is 438 g/mol. The first kappa shape index (κ1) is 22.5. The SMILES string of the molecule is CCCNS(=O)(=O)c1cc(C(=O)NC(c2ccccc2)c2ccccc2)ccc1OC. The Morgan fingerprint density at radius 2 is 1.52 bits per heavy atom. The van der Waals surface area contributed by atoms with Crippen LogP contribution in [0.25, 0.3) is 0 Å². The van der Waals surface area contributed by atoms with Gasteiger partial charge in [-0.05, 0) is 35.7 Å². The summed E-state index contributed by atoms with van der Waals surface area (Å²) < 4.78 is 33.1. The van der Waals surface area contributed by atoms with E-state index in [0.717, 1.165) is 11.1 Å². The number of benzene rings is 3. The number of methoxy groups -OCH3 is 1. The lowest BCUT2D eigenvalue weighted by Gasteiger charge is -2.20. The molecule has 0 atom stereocenters. The van der Waals surface area contributed by atoms with Crippen molar-refractivity contribution in [2.75, 3.05) is 13.7 Å². The third-order valence-corrected chi connectivity index (χ3v) is 6.28. The Morgan fingerprint density at radius 3 is 2.03 bits per heavy atom.